The van der Waals surface area contributed by atoms with Crippen LogP contribution in [0.15, 0.2) is 66.7 Å². The summed E-state index contributed by atoms with van der Waals surface area (Å²) in [6, 6.07) is 20.3. The number of anilines is 1. The molecular weight excluding hydrogens is 318 g/mol. The van der Waals surface area contributed by atoms with Crippen LogP contribution in [0.1, 0.15) is 0 Å². The number of para-hydroxylation sites is 2. The summed E-state index contributed by atoms with van der Waals surface area (Å²) in [5.74, 6) is 0.298. The first-order chi connectivity index (χ1) is 12.2. The zero-order valence-corrected chi connectivity index (χ0v) is 13.3. The van der Waals surface area contributed by atoms with Gasteiger partial charge in [0.15, 0.2) is 6.61 Å². The molecule has 0 atom stereocenters. The molecule has 0 radical (unpaired) electrons. The Morgan fingerprint density at radius 3 is 2.68 bits per heavy atom. The van der Waals surface area contributed by atoms with Gasteiger partial charge >= 0.3 is 5.97 Å². The second-order valence-corrected chi connectivity index (χ2v) is 5.69. The molecule has 3 aromatic carbocycles. The van der Waals surface area contributed by atoms with Gasteiger partial charge in [-0.15, -0.1) is 0 Å². The highest BCUT2D eigenvalue weighted by Crippen LogP contribution is 2.31. The van der Waals surface area contributed by atoms with Gasteiger partial charge in [-0.05, 0) is 23.6 Å². The van der Waals surface area contributed by atoms with Crippen LogP contribution >= 0.6 is 0 Å². The lowest BCUT2D eigenvalue weighted by atomic mass is 10.1. The minimum Gasteiger partial charge on any atom is -0.482 e. The monoisotopic (exact) mass is 333 g/mol. The van der Waals surface area contributed by atoms with Gasteiger partial charge in [0.2, 0.25) is 0 Å². The van der Waals surface area contributed by atoms with E-state index in [1.165, 1.54) is 4.90 Å². The van der Waals surface area contributed by atoms with E-state index in [9.17, 15) is 9.59 Å². The summed E-state index contributed by atoms with van der Waals surface area (Å²) in [7, 11) is 0. The van der Waals surface area contributed by atoms with Gasteiger partial charge in [0.05, 0.1) is 5.69 Å². The molecule has 1 amide bonds. The summed E-state index contributed by atoms with van der Waals surface area (Å²) in [5.41, 5.74) is 0.577. The molecule has 0 N–H and O–H groups in total. The molecule has 0 bridgehead atoms. The highest BCUT2D eigenvalue weighted by Gasteiger charge is 2.27. The highest BCUT2D eigenvalue weighted by molar-refractivity contribution is 6.02. The van der Waals surface area contributed by atoms with Crippen LogP contribution < -0.4 is 14.4 Å². The van der Waals surface area contributed by atoms with Crippen molar-refractivity contribution in [1.82, 2.24) is 0 Å². The fourth-order valence-corrected chi connectivity index (χ4v) is 2.90. The Labute approximate surface area is 144 Å². The molecule has 1 aliphatic rings. The van der Waals surface area contributed by atoms with Gasteiger partial charge < -0.3 is 9.47 Å². The molecule has 0 fully saturated rings. The number of rotatable bonds is 3. The van der Waals surface area contributed by atoms with Crippen molar-refractivity contribution >= 4 is 28.3 Å². The summed E-state index contributed by atoms with van der Waals surface area (Å²) in [6.45, 7) is -0.249. The van der Waals surface area contributed by atoms with Crippen LogP contribution in [-0.4, -0.2) is 25.0 Å². The summed E-state index contributed by atoms with van der Waals surface area (Å²) in [5, 5.41) is 1.84. The van der Waals surface area contributed by atoms with Crippen LogP contribution in [0.4, 0.5) is 5.69 Å². The first-order valence-corrected chi connectivity index (χ1v) is 7.93. The predicted molar refractivity (Wildman–Crippen MR) is 93.9 cm³/mol. The number of fused-ring (bicyclic) bond motifs is 2. The highest BCUT2D eigenvalue weighted by atomic mass is 16.5. The van der Waals surface area contributed by atoms with Gasteiger partial charge in [0.1, 0.15) is 18.0 Å². The van der Waals surface area contributed by atoms with E-state index in [1.54, 1.807) is 24.3 Å². The number of nitrogens with zero attached hydrogens (tertiary/aromatic N) is 1. The van der Waals surface area contributed by atoms with Crippen molar-refractivity contribution in [2.24, 2.45) is 0 Å². The standard InChI is InChI=1S/C20H15NO4/c22-19-13-24-18-10-4-3-9-16(18)21(19)12-20(23)25-17-11-5-7-14-6-1-2-8-15(14)17/h1-11H,12-13H2. The second kappa shape index (κ2) is 6.28. The Morgan fingerprint density at radius 2 is 1.76 bits per heavy atom. The molecule has 3 aromatic rings. The van der Waals surface area contributed by atoms with E-state index in [1.807, 2.05) is 42.5 Å². The number of esters is 1. The van der Waals surface area contributed by atoms with Crippen molar-refractivity contribution in [2.45, 2.75) is 0 Å². The van der Waals surface area contributed by atoms with Crippen LogP contribution in [0.2, 0.25) is 0 Å². The van der Waals surface area contributed by atoms with E-state index in [-0.39, 0.29) is 19.1 Å². The number of hydrogen-bond acceptors (Lipinski definition) is 4. The lowest BCUT2D eigenvalue weighted by Crippen LogP contribution is -2.43. The normalized spacial score (nSPS) is 13.3. The topological polar surface area (TPSA) is 55.8 Å². The average molecular weight is 333 g/mol. The van der Waals surface area contributed by atoms with E-state index < -0.39 is 5.97 Å². The molecule has 25 heavy (non-hydrogen) atoms. The maximum atomic E-state index is 12.4. The van der Waals surface area contributed by atoms with Gasteiger partial charge in [0, 0.05) is 5.39 Å². The van der Waals surface area contributed by atoms with Crippen LogP contribution in [0.25, 0.3) is 10.8 Å². The minimum absolute atomic E-state index is 0.0848. The van der Waals surface area contributed by atoms with Gasteiger partial charge in [-0.2, -0.15) is 0 Å². The minimum atomic E-state index is -0.499. The maximum Gasteiger partial charge on any atom is 0.331 e. The molecule has 0 aliphatic carbocycles. The average Bonchev–Trinajstić information content (AvgIpc) is 2.64. The Morgan fingerprint density at radius 1 is 1.00 bits per heavy atom. The third-order valence-corrected chi connectivity index (χ3v) is 4.07. The largest absolute Gasteiger partial charge is 0.482 e. The van der Waals surface area contributed by atoms with Crippen molar-refractivity contribution in [1.29, 1.82) is 0 Å². The second-order valence-electron chi connectivity index (χ2n) is 5.69. The van der Waals surface area contributed by atoms with E-state index >= 15 is 0 Å². The molecule has 0 unspecified atom stereocenters. The molecule has 5 heteroatoms. The van der Waals surface area contributed by atoms with E-state index in [2.05, 4.69) is 0 Å². The number of benzene rings is 3. The van der Waals surface area contributed by atoms with Crippen LogP contribution in [0.3, 0.4) is 0 Å². The van der Waals surface area contributed by atoms with Gasteiger partial charge in [0.25, 0.3) is 5.91 Å². The molecule has 0 aromatic heterocycles. The maximum absolute atomic E-state index is 12.4. The quantitative estimate of drug-likeness (QED) is 0.546. The molecule has 1 aliphatic heterocycles. The Kier molecular flexibility index (Phi) is 3.82. The molecule has 4 rings (SSSR count). The number of hydrogen-bond donors (Lipinski definition) is 0. The third kappa shape index (κ3) is 2.92. The van der Waals surface area contributed by atoms with E-state index in [0.29, 0.717) is 17.2 Å². The van der Waals surface area contributed by atoms with Crippen LogP contribution in [0, 0.1) is 0 Å². The third-order valence-electron chi connectivity index (χ3n) is 4.07. The number of ether oxygens (including phenoxy) is 2. The Hall–Kier alpha value is -3.34. The number of carbonyl (C=O) groups excluding carboxylic acids is 2. The number of amides is 1. The van der Waals surface area contributed by atoms with Crippen molar-refractivity contribution < 1.29 is 19.1 Å². The SMILES string of the molecule is O=C(CN1C(=O)COc2ccccc21)Oc1cccc2ccccc12. The van der Waals surface area contributed by atoms with Crippen molar-refractivity contribution in [3.05, 3.63) is 66.7 Å². The van der Waals surface area contributed by atoms with Crippen molar-refractivity contribution in [3.63, 3.8) is 0 Å². The first kappa shape index (κ1) is 15.2. The predicted octanol–water partition coefficient (Wildman–Crippen LogP) is 3.17. The van der Waals surface area contributed by atoms with E-state index in [0.717, 1.165) is 10.8 Å². The first-order valence-electron chi connectivity index (χ1n) is 7.93. The van der Waals surface area contributed by atoms with Gasteiger partial charge in [-0.3, -0.25) is 9.69 Å². The lowest BCUT2D eigenvalue weighted by Gasteiger charge is -2.28. The zero-order chi connectivity index (χ0) is 17.2. The van der Waals surface area contributed by atoms with Gasteiger partial charge in [-0.25, -0.2) is 4.79 Å². The van der Waals surface area contributed by atoms with Crippen molar-refractivity contribution in [2.75, 3.05) is 18.1 Å². The number of carbonyl (C=O) groups is 2. The summed E-state index contributed by atoms with van der Waals surface area (Å²) in [4.78, 5) is 26.0. The Balaban J connectivity index is 1.57. The molecule has 0 saturated carbocycles. The summed E-state index contributed by atoms with van der Waals surface area (Å²) >= 11 is 0. The van der Waals surface area contributed by atoms with Gasteiger partial charge in [-0.1, -0.05) is 48.5 Å². The molecule has 0 saturated heterocycles. The zero-order valence-electron chi connectivity index (χ0n) is 13.3. The molecule has 5 nitrogen and oxygen atoms in total. The molecule has 124 valence electrons. The van der Waals surface area contributed by atoms with Crippen molar-refractivity contribution in [3.8, 4) is 11.5 Å². The summed E-state index contributed by atoms with van der Waals surface area (Å²) in [6.07, 6.45) is 0. The molecular formula is C20H15NO4. The Bertz CT molecular complexity index is 961. The fourth-order valence-electron chi connectivity index (χ4n) is 2.90. The van der Waals surface area contributed by atoms with Crippen LogP contribution in [-0.2, 0) is 9.59 Å². The van der Waals surface area contributed by atoms with E-state index in [4.69, 9.17) is 9.47 Å². The summed E-state index contributed by atoms with van der Waals surface area (Å²) < 4.78 is 10.9. The fraction of sp³-hybridized carbons (Fsp3) is 0.100. The lowest BCUT2D eigenvalue weighted by molar-refractivity contribution is -0.134. The van der Waals surface area contributed by atoms with Crippen LogP contribution in [0.5, 0.6) is 11.5 Å². The molecule has 1 heterocycles. The smallest absolute Gasteiger partial charge is 0.331 e. The molecule has 0 spiro atoms.